The Kier molecular flexibility index (Phi) is 5.45. The maximum Gasteiger partial charge on any atom is 0.240 e. The van der Waals surface area contributed by atoms with Crippen LogP contribution in [0, 0.1) is 0 Å². The molecule has 27 heavy (non-hydrogen) atoms. The molecule has 1 atom stereocenters. The minimum Gasteiger partial charge on any atom is -0.378 e. The van der Waals surface area contributed by atoms with Gasteiger partial charge in [-0.2, -0.15) is 4.68 Å². The number of hydrogen-bond acceptors (Lipinski definition) is 6. The third-order valence-electron chi connectivity index (χ3n) is 4.31. The Bertz CT molecular complexity index is 881. The molecule has 0 radical (unpaired) electrons. The number of para-hydroxylation sites is 1. The fourth-order valence-corrected chi connectivity index (χ4v) is 4.01. The Morgan fingerprint density at radius 1 is 1.00 bits per heavy atom. The fraction of sp³-hybridized carbons (Fsp3) is 0.263. The fourth-order valence-electron chi connectivity index (χ4n) is 2.93. The first-order valence-electron chi connectivity index (χ1n) is 8.75. The molecule has 0 N–H and O–H groups in total. The summed E-state index contributed by atoms with van der Waals surface area (Å²) in [7, 11) is 0. The highest BCUT2D eigenvalue weighted by Gasteiger charge is 2.30. The first kappa shape index (κ1) is 17.7. The lowest BCUT2D eigenvalue weighted by Crippen LogP contribution is -2.42. The molecule has 0 bridgehead atoms. The monoisotopic (exact) mass is 381 g/mol. The molecular formula is C19H19N5O2S. The van der Waals surface area contributed by atoms with Gasteiger partial charge in [0.2, 0.25) is 11.1 Å². The Labute approximate surface area is 161 Å². The molecule has 2 aromatic carbocycles. The van der Waals surface area contributed by atoms with Gasteiger partial charge in [-0.1, -0.05) is 60.3 Å². The summed E-state index contributed by atoms with van der Waals surface area (Å²) < 4.78 is 7.04. The van der Waals surface area contributed by atoms with Gasteiger partial charge in [-0.15, -0.1) is 5.10 Å². The predicted octanol–water partition coefficient (Wildman–Crippen LogP) is 2.35. The number of morpholine rings is 1. The van der Waals surface area contributed by atoms with Crippen molar-refractivity contribution in [2.75, 3.05) is 26.3 Å². The van der Waals surface area contributed by atoms with E-state index in [-0.39, 0.29) is 5.91 Å². The summed E-state index contributed by atoms with van der Waals surface area (Å²) in [5.41, 5.74) is 1.79. The van der Waals surface area contributed by atoms with Crippen LogP contribution in [0.1, 0.15) is 10.8 Å². The van der Waals surface area contributed by atoms with Crippen molar-refractivity contribution in [1.29, 1.82) is 0 Å². The standard InChI is InChI=1S/C19H19N5O2S/c25-18(23-11-13-26-14-12-23)17(15-7-3-1-4-8-15)27-19-20-21-22-24(19)16-9-5-2-6-10-16/h1-10,17H,11-14H2. The van der Waals surface area contributed by atoms with E-state index in [1.165, 1.54) is 11.8 Å². The van der Waals surface area contributed by atoms with Gasteiger partial charge < -0.3 is 9.64 Å². The van der Waals surface area contributed by atoms with Crippen LogP contribution in [-0.2, 0) is 9.53 Å². The van der Waals surface area contributed by atoms with Crippen LogP contribution in [0.2, 0.25) is 0 Å². The topological polar surface area (TPSA) is 73.1 Å². The number of tetrazole rings is 1. The molecule has 0 spiro atoms. The van der Waals surface area contributed by atoms with E-state index in [1.54, 1.807) is 4.68 Å². The molecule has 7 nitrogen and oxygen atoms in total. The molecule has 1 fully saturated rings. The smallest absolute Gasteiger partial charge is 0.240 e. The molecule has 2 heterocycles. The average Bonchev–Trinajstić information content (AvgIpc) is 3.22. The van der Waals surface area contributed by atoms with Gasteiger partial charge in [0.1, 0.15) is 5.25 Å². The van der Waals surface area contributed by atoms with Crippen LogP contribution in [0.4, 0.5) is 0 Å². The SMILES string of the molecule is O=C(C(Sc1nnnn1-c1ccccc1)c1ccccc1)N1CCOCC1. The molecule has 138 valence electrons. The highest BCUT2D eigenvalue weighted by Crippen LogP contribution is 2.36. The van der Waals surface area contributed by atoms with E-state index in [0.717, 1.165) is 11.3 Å². The number of aromatic nitrogens is 4. The van der Waals surface area contributed by atoms with E-state index in [2.05, 4.69) is 15.5 Å². The largest absolute Gasteiger partial charge is 0.378 e. The van der Waals surface area contributed by atoms with Gasteiger partial charge in [-0.3, -0.25) is 4.79 Å². The highest BCUT2D eigenvalue weighted by molar-refractivity contribution is 8.00. The minimum absolute atomic E-state index is 0.0529. The van der Waals surface area contributed by atoms with Crippen LogP contribution in [0.25, 0.3) is 5.69 Å². The molecule has 1 amide bonds. The molecule has 1 saturated heterocycles. The number of carbonyl (C=O) groups is 1. The van der Waals surface area contributed by atoms with E-state index in [4.69, 9.17) is 4.74 Å². The van der Waals surface area contributed by atoms with Crippen molar-refractivity contribution in [3.8, 4) is 5.69 Å². The van der Waals surface area contributed by atoms with Crippen molar-refractivity contribution in [3.05, 3.63) is 66.2 Å². The van der Waals surface area contributed by atoms with Crippen molar-refractivity contribution in [2.45, 2.75) is 10.4 Å². The first-order chi connectivity index (χ1) is 13.3. The number of thioether (sulfide) groups is 1. The molecule has 1 aromatic heterocycles. The molecule has 0 aliphatic carbocycles. The van der Waals surface area contributed by atoms with Gasteiger partial charge in [0.05, 0.1) is 18.9 Å². The zero-order chi connectivity index (χ0) is 18.5. The van der Waals surface area contributed by atoms with Crippen LogP contribution < -0.4 is 0 Å². The van der Waals surface area contributed by atoms with Crippen molar-refractivity contribution in [1.82, 2.24) is 25.1 Å². The number of amides is 1. The molecule has 1 unspecified atom stereocenters. The third-order valence-corrected chi connectivity index (χ3v) is 5.49. The van der Waals surface area contributed by atoms with Gasteiger partial charge in [-0.25, -0.2) is 0 Å². The summed E-state index contributed by atoms with van der Waals surface area (Å²) in [5, 5.41) is 12.2. The second-order valence-electron chi connectivity index (χ2n) is 6.06. The van der Waals surface area contributed by atoms with Crippen molar-refractivity contribution in [2.24, 2.45) is 0 Å². The van der Waals surface area contributed by atoms with Crippen molar-refractivity contribution < 1.29 is 9.53 Å². The van der Waals surface area contributed by atoms with Crippen LogP contribution >= 0.6 is 11.8 Å². The highest BCUT2D eigenvalue weighted by atomic mass is 32.2. The number of nitrogens with zero attached hydrogens (tertiary/aromatic N) is 5. The maximum atomic E-state index is 13.2. The molecule has 4 rings (SSSR count). The Balaban J connectivity index is 1.64. The third kappa shape index (κ3) is 4.01. The van der Waals surface area contributed by atoms with E-state index >= 15 is 0 Å². The second-order valence-corrected chi connectivity index (χ2v) is 7.13. The maximum absolute atomic E-state index is 13.2. The lowest BCUT2D eigenvalue weighted by atomic mass is 10.1. The number of hydrogen-bond donors (Lipinski definition) is 0. The normalized spacial score (nSPS) is 15.5. The molecule has 8 heteroatoms. The molecule has 1 aliphatic rings. The van der Waals surface area contributed by atoms with Crippen LogP contribution in [0.15, 0.2) is 65.8 Å². The summed E-state index contributed by atoms with van der Waals surface area (Å²) >= 11 is 1.37. The molecule has 1 aliphatic heterocycles. The minimum atomic E-state index is -0.419. The van der Waals surface area contributed by atoms with E-state index in [0.29, 0.717) is 31.5 Å². The van der Waals surface area contributed by atoms with Gasteiger partial charge in [0.25, 0.3) is 0 Å². The Hall–Kier alpha value is -2.71. The lowest BCUT2D eigenvalue weighted by molar-refractivity contribution is -0.134. The summed E-state index contributed by atoms with van der Waals surface area (Å²) in [5.74, 6) is 0.0529. The number of rotatable bonds is 5. The van der Waals surface area contributed by atoms with Crippen LogP contribution in [0.3, 0.4) is 0 Å². The second kappa shape index (κ2) is 8.32. The average molecular weight is 381 g/mol. The summed E-state index contributed by atoms with van der Waals surface area (Å²) in [6.07, 6.45) is 0. The van der Waals surface area contributed by atoms with E-state index < -0.39 is 5.25 Å². The Morgan fingerprint density at radius 3 is 2.37 bits per heavy atom. The van der Waals surface area contributed by atoms with Crippen molar-refractivity contribution in [3.63, 3.8) is 0 Å². The quantitative estimate of drug-likeness (QED) is 0.632. The number of benzene rings is 2. The van der Waals surface area contributed by atoms with Crippen molar-refractivity contribution >= 4 is 17.7 Å². The van der Waals surface area contributed by atoms with Gasteiger partial charge in [0, 0.05) is 13.1 Å². The predicted molar refractivity (Wildman–Crippen MR) is 102 cm³/mol. The lowest BCUT2D eigenvalue weighted by Gasteiger charge is -2.30. The van der Waals surface area contributed by atoms with Gasteiger partial charge in [0.15, 0.2) is 0 Å². The van der Waals surface area contributed by atoms with Gasteiger partial charge in [-0.05, 0) is 28.1 Å². The Morgan fingerprint density at radius 2 is 1.67 bits per heavy atom. The summed E-state index contributed by atoms with van der Waals surface area (Å²) in [6.45, 7) is 2.35. The molecule has 0 saturated carbocycles. The van der Waals surface area contributed by atoms with Crippen LogP contribution in [-0.4, -0.2) is 57.3 Å². The van der Waals surface area contributed by atoms with Gasteiger partial charge >= 0.3 is 0 Å². The summed E-state index contributed by atoms with van der Waals surface area (Å²) in [4.78, 5) is 15.1. The zero-order valence-electron chi connectivity index (χ0n) is 14.6. The molecule has 3 aromatic rings. The van der Waals surface area contributed by atoms with Crippen LogP contribution in [0.5, 0.6) is 0 Å². The first-order valence-corrected chi connectivity index (χ1v) is 9.63. The molecular weight excluding hydrogens is 362 g/mol. The summed E-state index contributed by atoms with van der Waals surface area (Å²) in [6, 6.07) is 19.4. The van der Waals surface area contributed by atoms with E-state index in [9.17, 15) is 4.79 Å². The number of ether oxygens (including phenoxy) is 1. The van der Waals surface area contributed by atoms with E-state index in [1.807, 2.05) is 65.6 Å². The number of carbonyl (C=O) groups excluding carboxylic acids is 1. The zero-order valence-corrected chi connectivity index (χ0v) is 15.5.